The summed E-state index contributed by atoms with van der Waals surface area (Å²) in [6.45, 7) is 2.75. The largest absolute Gasteiger partial charge is 0.466 e. The number of ether oxygens (including phenoxy) is 1. The van der Waals surface area contributed by atoms with Crippen LogP contribution < -0.4 is 0 Å². The topological polar surface area (TPSA) is 66.8 Å². The lowest BCUT2D eigenvalue weighted by atomic mass is 9.91. The van der Waals surface area contributed by atoms with Crippen molar-refractivity contribution in [3.8, 4) is 0 Å². The van der Waals surface area contributed by atoms with Crippen molar-refractivity contribution >= 4 is 17.6 Å². The molecule has 122 valence electrons. The third-order valence-electron chi connectivity index (χ3n) is 4.68. The zero-order chi connectivity index (χ0) is 16.6. The summed E-state index contributed by atoms with van der Waals surface area (Å²) >= 11 is 0. The molecule has 3 rings (SSSR count). The fourth-order valence-corrected chi connectivity index (χ4v) is 3.28. The van der Waals surface area contributed by atoms with Crippen LogP contribution in [-0.4, -0.2) is 35.7 Å². The van der Waals surface area contributed by atoms with Gasteiger partial charge in [-0.15, -0.1) is 0 Å². The first-order valence-corrected chi connectivity index (χ1v) is 7.90. The monoisotopic (exact) mass is 315 g/mol. The average Bonchev–Trinajstić information content (AvgIpc) is 3.38. The van der Waals surface area contributed by atoms with Crippen LogP contribution in [-0.2, 0) is 22.5 Å². The number of methoxy groups -OCH3 is 1. The molecular formula is C18H21NO4. The molecule has 2 aliphatic rings. The van der Waals surface area contributed by atoms with E-state index in [1.807, 2.05) is 13.0 Å². The highest BCUT2D eigenvalue weighted by atomic mass is 16.5. The van der Waals surface area contributed by atoms with Crippen LogP contribution in [0.3, 0.4) is 0 Å². The van der Waals surface area contributed by atoms with E-state index >= 15 is 0 Å². The maximum atomic E-state index is 11.9. The molecule has 0 spiro atoms. The Labute approximate surface area is 135 Å². The Balaban J connectivity index is 1.98. The summed E-state index contributed by atoms with van der Waals surface area (Å²) < 4.78 is 4.87. The Kier molecular flexibility index (Phi) is 4.11. The number of carboxylic acid groups (broad SMARTS) is 1. The maximum absolute atomic E-state index is 11.9. The number of nitrogens with zero attached hydrogens (tertiary/aromatic N) is 1. The maximum Gasteiger partial charge on any atom is 0.407 e. The molecule has 0 bridgehead atoms. The number of carbonyl (C=O) groups is 2. The van der Waals surface area contributed by atoms with Gasteiger partial charge in [-0.1, -0.05) is 12.1 Å². The highest BCUT2D eigenvalue weighted by Crippen LogP contribution is 2.44. The molecule has 0 unspecified atom stereocenters. The third kappa shape index (κ3) is 3.09. The number of carbonyl (C=O) groups excluding carboxylic acids is 1. The van der Waals surface area contributed by atoms with Crippen molar-refractivity contribution in [3.63, 3.8) is 0 Å². The summed E-state index contributed by atoms with van der Waals surface area (Å²) in [5, 5.41) is 9.19. The highest BCUT2D eigenvalue weighted by molar-refractivity contribution is 5.98. The zero-order valence-corrected chi connectivity index (χ0v) is 13.5. The Bertz CT molecular complexity index is 688. The molecule has 1 amide bonds. The molecule has 0 radical (unpaired) electrons. The number of amides is 1. The Hall–Kier alpha value is -2.30. The Morgan fingerprint density at radius 1 is 1.26 bits per heavy atom. The summed E-state index contributed by atoms with van der Waals surface area (Å²) in [6, 6.07) is 6.16. The van der Waals surface area contributed by atoms with Gasteiger partial charge in [-0.3, -0.25) is 0 Å². The third-order valence-corrected chi connectivity index (χ3v) is 4.68. The van der Waals surface area contributed by atoms with E-state index in [9.17, 15) is 14.7 Å². The molecule has 5 heteroatoms. The number of hydrogen-bond acceptors (Lipinski definition) is 3. The van der Waals surface area contributed by atoms with Gasteiger partial charge in [-0.2, -0.15) is 0 Å². The van der Waals surface area contributed by atoms with Gasteiger partial charge in [0.1, 0.15) is 0 Å². The van der Waals surface area contributed by atoms with E-state index in [2.05, 4.69) is 12.1 Å². The number of esters is 1. The standard InChI is InChI=1S/C18H21NO4/c1-11(17(20)23-2)16(13-4-5-13)14-6-3-12-7-8-19(18(21)22)10-15(12)9-14/h3,6,9,13H,4-5,7-8,10H2,1-2H3,(H,21,22)/b16-11-. The SMILES string of the molecule is COC(=O)/C(C)=C(\c1ccc2c(c1)CN(C(=O)O)CC2)C1CC1. The van der Waals surface area contributed by atoms with Crippen LogP contribution in [0.2, 0.25) is 0 Å². The molecule has 1 fully saturated rings. The minimum atomic E-state index is -0.884. The second-order valence-corrected chi connectivity index (χ2v) is 6.24. The van der Waals surface area contributed by atoms with Crippen molar-refractivity contribution in [1.82, 2.24) is 4.90 Å². The van der Waals surface area contributed by atoms with E-state index in [4.69, 9.17) is 4.74 Å². The van der Waals surface area contributed by atoms with Gasteiger partial charge in [0.05, 0.1) is 7.11 Å². The van der Waals surface area contributed by atoms with Crippen LogP contribution in [0, 0.1) is 5.92 Å². The molecule has 1 N–H and O–H groups in total. The van der Waals surface area contributed by atoms with Gasteiger partial charge in [-0.25, -0.2) is 9.59 Å². The molecule has 1 aliphatic carbocycles. The van der Waals surface area contributed by atoms with Gasteiger partial charge in [0, 0.05) is 18.7 Å². The van der Waals surface area contributed by atoms with Crippen LogP contribution >= 0.6 is 0 Å². The average molecular weight is 315 g/mol. The lowest BCUT2D eigenvalue weighted by Crippen LogP contribution is -2.34. The van der Waals surface area contributed by atoms with E-state index in [-0.39, 0.29) is 5.97 Å². The lowest BCUT2D eigenvalue weighted by molar-refractivity contribution is -0.135. The van der Waals surface area contributed by atoms with Gasteiger partial charge >= 0.3 is 12.1 Å². The number of hydrogen-bond donors (Lipinski definition) is 1. The van der Waals surface area contributed by atoms with Crippen LogP contribution in [0.25, 0.3) is 5.57 Å². The molecule has 1 saturated carbocycles. The molecule has 1 heterocycles. The van der Waals surface area contributed by atoms with Crippen molar-refractivity contribution in [2.75, 3.05) is 13.7 Å². The lowest BCUT2D eigenvalue weighted by Gasteiger charge is -2.27. The molecule has 0 atom stereocenters. The molecule has 23 heavy (non-hydrogen) atoms. The van der Waals surface area contributed by atoms with Crippen molar-refractivity contribution in [2.24, 2.45) is 5.92 Å². The molecule has 0 saturated heterocycles. The number of rotatable bonds is 3. The minimum Gasteiger partial charge on any atom is -0.466 e. The van der Waals surface area contributed by atoms with Gasteiger partial charge < -0.3 is 14.7 Å². The van der Waals surface area contributed by atoms with E-state index in [1.165, 1.54) is 17.6 Å². The van der Waals surface area contributed by atoms with Crippen LogP contribution in [0.5, 0.6) is 0 Å². The number of fused-ring (bicyclic) bond motifs is 1. The second-order valence-electron chi connectivity index (χ2n) is 6.24. The summed E-state index contributed by atoms with van der Waals surface area (Å²) in [5.74, 6) is 0.114. The Morgan fingerprint density at radius 3 is 2.61 bits per heavy atom. The summed E-state index contributed by atoms with van der Waals surface area (Å²) in [7, 11) is 1.40. The minimum absolute atomic E-state index is 0.295. The number of allylic oxidation sites excluding steroid dienone is 1. The summed E-state index contributed by atoms with van der Waals surface area (Å²) in [4.78, 5) is 24.5. The normalized spacial score (nSPS) is 18.1. The van der Waals surface area contributed by atoms with Gasteiger partial charge in [-0.05, 0) is 60.4 Å². The fraction of sp³-hybridized carbons (Fsp3) is 0.444. The van der Waals surface area contributed by atoms with Crippen molar-refractivity contribution in [3.05, 3.63) is 40.5 Å². The van der Waals surface area contributed by atoms with E-state index in [1.54, 1.807) is 0 Å². The van der Waals surface area contributed by atoms with E-state index in [0.717, 1.165) is 36.0 Å². The van der Waals surface area contributed by atoms with Crippen LogP contribution in [0.1, 0.15) is 36.5 Å². The van der Waals surface area contributed by atoms with E-state index < -0.39 is 6.09 Å². The van der Waals surface area contributed by atoms with Crippen molar-refractivity contribution in [1.29, 1.82) is 0 Å². The van der Waals surface area contributed by atoms with Gasteiger partial charge in [0.25, 0.3) is 0 Å². The molecule has 5 nitrogen and oxygen atoms in total. The van der Waals surface area contributed by atoms with Crippen LogP contribution in [0.4, 0.5) is 4.79 Å². The molecule has 1 aromatic carbocycles. The highest BCUT2D eigenvalue weighted by Gasteiger charge is 2.31. The smallest absolute Gasteiger partial charge is 0.407 e. The van der Waals surface area contributed by atoms with E-state index in [0.29, 0.717) is 24.6 Å². The predicted octanol–water partition coefficient (Wildman–Crippen LogP) is 3.08. The van der Waals surface area contributed by atoms with Gasteiger partial charge in [0.2, 0.25) is 0 Å². The fourth-order valence-electron chi connectivity index (χ4n) is 3.28. The molecular weight excluding hydrogens is 294 g/mol. The summed E-state index contributed by atoms with van der Waals surface area (Å²) in [5.41, 5.74) is 4.94. The first-order valence-electron chi connectivity index (χ1n) is 7.90. The molecule has 1 aliphatic heterocycles. The summed E-state index contributed by atoms with van der Waals surface area (Å²) in [6.07, 6.45) is 2.02. The number of benzene rings is 1. The second kappa shape index (κ2) is 6.07. The van der Waals surface area contributed by atoms with Gasteiger partial charge in [0.15, 0.2) is 0 Å². The van der Waals surface area contributed by atoms with Crippen molar-refractivity contribution < 1.29 is 19.4 Å². The predicted molar refractivity (Wildman–Crippen MR) is 85.9 cm³/mol. The molecule has 0 aromatic heterocycles. The van der Waals surface area contributed by atoms with Crippen LogP contribution in [0.15, 0.2) is 23.8 Å². The Morgan fingerprint density at radius 2 is 2.00 bits per heavy atom. The first kappa shape index (κ1) is 15.6. The molecule has 1 aromatic rings. The first-order chi connectivity index (χ1) is 11.0. The zero-order valence-electron chi connectivity index (χ0n) is 13.5. The quantitative estimate of drug-likeness (QED) is 0.687. The van der Waals surface area contributed by atoms with Crippen molar-refractivity contribution in [2.45, 2.75) is 32.7 Å².